The smallest absolute Gasteiger partial charge is 0.280 e. The summed E-state index contributed by atoms with van der Waals surface area (Å²) in [6.07, 6.45) is 0. The van der Waals surface area contributed by atoms with Gasteiger partial charge in [-0.25, -0.2) is 4.68 Å². The molecule has 11 heteroatoms. The molecule has 0 aliphatic carbocycles. The molecule has 3 aromatic rings. The van der Waals surface area contributed by atoms with Gasteiger partial charge in [0.05, 0.1) is 15.7 Å². The molecule has 2 aromatic carbocycles. The van der Waals surface area contributed by atoms with Crippen LogP contribution >= 0.6 is 34.8 Å². The Hall–Kier alpha value is -2.81. The molecular weight excluding hydrogens is 427 g/mol. The van der Waals surface area contributed by atoms with Crippen LogP contribution in [0.1, 0.15) is 10.5 Å². The van der Waals surface area contributed by atoms with Crippen molar-refractivity contribution in [3.63, 3.8) is 0 Å². The largest absolute Gasteiger partial charge is 0.382 e. The predicted octanol–water partition coefficient (Wildman–Crippen LogP) is 3.71. The summed E-state index contributed by atoms with van der Waals surface area (Å²) in [5, 5.41) is 13.4. The molecule has 0 unspecified atom stereocenters. The lowest BCUT2D eigenvalue weighted by molar-refractivity contribution is -0.116. The van der Waals surface area contributed by atoms with E-state index in [0.29, 0.717) is 10.7 Å². The number of nitrogens with two attached hydrogens (primary N) is 1. The molecule has 4 N–H and O–H groups in total. The average Bonchev–Trinajstić information content (AvgIpc) is 2.99. The van der Waals surface area contributed by atoms with Crippen LogP contribution in [-0.2, 0) is 11.3 Å². The maximum atomic E-state index is 12.3. The number of aromatic nitrogens is 3. The number of benzene rings is 2. The van der Waals surface area contributed by atoms with Crippen LogP contribution in [0.15, 0.2) is 42.5 Å². The first-order valence-electron chi connectivity index (χ1n) is 7.85. The second-order valence-electron chi connectivity index (χ2n) is 5.59. The minimum Gasteiger partial charge on any atom is -0.382 e. The monoisotopic (exact) mass is 438 g/mol. The predicted molar refractivity (Wildman–Crippen MR) is 109 cm³/mol. The number of hydrogen-bond acceptors (Lipinski definition) is 5. The number of halogens is 3. The molecule has 144 valence electrons. The van der Waals surface area contributed by atoms with Gasteiger partial charge in [0.25, 0.3) is 5.91 Å². The van der Waals surface area contributed by atoms with Crippen LogP contribution in [0.25, 0.3) is 0 Å². The van der Waals surface area contributed by atoms with E-state index in [-0.39, 0.29) is 33.8 Å². The van der Waals surface area contributed by atoms with E-state index in [1.807, 2.05) is 6.07 Å². The molecule has 0 aliphatic rings. The van der Waals surface area contributed by atoms with Crippen LogP contribution in [0.5, 0.6) is 0 Å². The fraction of sp³-hybridized carbons (Fsp3) is 0.0588. The first kappa shape index (κ1) is 19.9. The number of amides is 2. The number of anilines is 3. The van der Waals surface area contributed by atoms with Crippen molar-refractivity contribution in [2.24, 2.45) is 0 Å². The van der Waals surface area contributed by atoms with E-state index in [2.05, 4.69) is 20.9 Å². The Kier molecular flexibility index (Phi) is 6.03. The van der Waals surface area contributed by atoms with Gasteiger partial charge in [0.1, 0.15) is 6.54 Å². The van der Waals surface area contributed by atoms with Crippen molar-refractivity contribution >= 4 is 63.8 Å². The zero-order valence-corrected chi connectivity index (χ0v) is 16.4. The zero-order valence-electron chi connectivity index (χ0n) is 14.1. The Morgan fingerprint density at radius 3 is 2.32 bits per heavy atom. The summed E-state index contributed by atoms with van der Waals surface area (Å²) in [7, 11) is 0. The number of nitrogens with zero attached hydrogens (tertiary/aromatic N) is 3. The molecule has 2 amide bonds. The van der Waals surface area contributed by atoms with Gasteiger partial charge in [-0.3, -0.25) is 9.59 Å². The fourth-order valence-corrected chi connectivity index (χ4v) is 3.20. The van der Waals surface area contributed by atoms with E-state index >= 15 is 0 Å². The van der Waals surface area contributed by atoms with E-state index in [1.54, 1.807) is 24.3 Å². The Morgan fingerprint density at radius 1 is 1.04 bits per heavy atom. The van der Waals surface area contributed by atoms with Crippen LogP contribution in [-0.4, -0.2) is 26.8 Å². The molecule has 28 heavy (non-hydrogen) atoms. The Bertz CT molecular complexity index is 1020. The molecular formula is C17H13Cl3N6O2. The third kappa shape index (κ3) is 4.53. The van der Waals surface area contributed by atoms with Crippen LogP contribution in [0.2, 0.25) is 15.1 Å². The lowest BCUT2D eigenvalue weighted by Gasteiger charge is -2.10. The molecule has 0 fully saturated rings. The average molecular weight is 440 g/mol. The molecule has 0 bridgehead atoms. The van der Waals surface area contributed by atoms with Crippen LogP contribution < -0.4 is 16.4 Å². The van der Waals surface area contributed by atoms with E-state index in [0.717, 1.165) is 4.68 Å². The first-order chi connectivity index (χ1) is 13.3. The standard InChI is InChI=1S/C17H13Cl3N6O2/c18-9-6-11(19)14(12(20)7-9)23-13(27)8-26-16(21)15(24-25-26)17(28)22-10-4-2-1-3-5-10/h1-7H,8,21H2,(H,22,28)(H,23,27). The molecule has 0 saturated carbocycles. The third-order valence-corrected chi connectivity index (χ3v) is 4.40. The summed E-state index contributed by atoms with van der Waals surface area (Å²) in [4.78, 5) is 24.6. The molecule has 8 nitrogen and oxygen atoms in total. The summed E-state index contributed by atoms with van der Waals surface area (Å²) in [6.45, 7) is -0.299. The number of hydrogen-bond donors (Lipinski definition) is 3. The van der Waals surface area contributed by atoms with Gasteiger partial charge in [-0.15, -0.1) is 5.10 Å². The van der Waals surface area contributed by atoms with E-state index in [9.17, 15) is 9.59 Å². The molecule has 1 aromatic heterocycles. The molecule has 0 spiro atoms. The van der Waals surface area contributed by atoms with Gasteiger partial charge < -0.3 is 16.4 Å². The molecule has 0 atom stereocenters. The number of rotatable bonds is 5. The summed E-state index contributed by atoms with van der Waals surface area (Å²) in [6, 6.07) is 11.7. The van der Waals surface area contributed by atoms with E-state index < -0.39 is 11.8 Å². The van der Waals surface area contributed by atoms with Crippen LogP contribution in [0.4, 0.5) is 17.2 Å². The second-order valence-corrected chi connectivity index (χ2v) is 6.84. The summed E-state index contributed by atoms with van der Waals surface area (Å²) in [5.74, 6) is -1.12. The molecule has 0 saturated heterocycles. The van der Waals surface area contributed by atoms with E-state index in [1.165, 1.54) is 12.1 Å². The normalized spacial score (nSPS) is 10.5. The number of carbonyl (C=O) groups excluding carboxylic acids is 2. The molecule has 1 heterocycles. The van der Waals surface area contributed by atoms with Crippen molar-refractivity contribution in [1.29, 1.82) is 0 Å². The van der Waals surface area contributed by atoms with Crippen molar-refractivity contribution < 1.29 is 9.59 Å². The summed E-state index contributed by atoms with van der Waals surface area (Å²) in [5.41, 5.74) is 6.59. The Morgan fingerprint density at radius 2 is 1.68 bits per heavy atom. The highest BCUT2D eigenvalue weighted by Crippen LogP contribution is 2.33. The maximum absolute atomic E-state index is 12.3. The minimum atomic E-state index is -0.542. The first-order valence-corrected chi connectivity index (χ1v) is 8.98. The van der Waals surface area contributed by atoms with Gasteiger partial charge >= 0.3 is 0 Å². The quantitative estimate of drug-likeness (QED) is 0.560. The molecule has 0 radical (unpaired) electrons. The highest BCUT2D eigenvalue weighted by atomic mass is 35.5. The van der Waals surface area contributed by atoms with Crippen LogP contribution in [0.3, 0.4) is 0 Å². The lowest BCUT2D eigenvalue weighted by Crippen LogP contribution is -2.21. The van der Waals surface area contributed by atoms with Gasteiger partial charge in [-0.05, 0) is 24.3 Å². The van der Waals surface area contributed by atoms with Crippen molar-refractivity contribution in [2.75, 3.05) is 16.4 Å². The Balaban J connectivity index is 1.70. The van der Waals surface area contributed by atoms with Crippen LogP contribution in [0, 0.1) is 0 Å². The fourth-order valence-electron chi connectivity index (χ4n) is 2.29. The summed E-state index contributed by atoms with van der Waals surface area (Å²) < 4.78 is 1.09. The van der Waals surface area contributed by atoms with Gasteiger partial charge in [0, 0.05) is 10.7 Å². The minimum absolute atomic E-state index is 0.0584. The number of nitrogen functional groups attached to an aromatic ring is 1. The molecule has 3 rings (SSSR count). The zero-order chi connectivity index (χ0) is 20.3. The van der Waals surface area contributed by atoms with Crippen molar-refractivity contribution in [3.8, 4) is 0 Å². The van der Waals surface area contributed by atoms with E-state index in [4.69, 9.17) is 40.5 Å². The van der Waals surface area contributed by atoms with Gasteiger partial charge in [0.2, 0.25) is 5.91 Å². The van der Waals surface area contributed by atoms with Gasteiger partial charge in [-0.2, -0.15) is 0 Å². The summed E-state index contributed by atoms with van der Waals surface area (Å²) >= 11 is 17.9. The van der Waals surface area contributed by atoms with Gasteiger partial charge in [-0.1, -0.05) is 58.2 Å². The van der Waals surface area contributed by atoms with Crippen molar-refractivity contribution in [1.82, 2.24) is 15.0 Å². The number of carbonyl (C=O) groups is 2. The molecule has 0 aliphatic heterocycles. The number of para-hydroxylation sites is 1. The third-order valence-electron chi connectivity index (χ3n) is 3.58. The van der Waals surface area contributed by atoms with Crippen molar-refractivity contribution in [3.05, 3.63) is 63.2 Å². The maximum Gasteiger partial charge on any atom is 0.280 e. The topological polar surface area (TPSA) is 115 Å². The Labute approximate surface area is 174 Å². The lowest BCUT2D eigenvalue weighted by atomic mass is 10.3. The highest BCUT2D eigenvalue weighted by Gasteiger charge is 2.20. The SMILES string of the molecule is Nc1c(C(=O)Nc2ccccc2)nnn1CC(=O)Nc1c(Cl)cc(Cl)cc1Cl. The highest BCUT2D eigenvalue weighted by molar-refractivity contribution is 6.42. The van der Waals surface area contributed by atoms with Gasteiger partial charge in [0.15, 0.2) is 11.5 Å². The van der Waals surface area contributed by atoms with Crippen molar-refractivity contribution in [2.45, 2.75) is 6.54 Å². The second kappa shape index (κ2) is 8.47. The number of nitrogens with one attached hydrogen (secondary N) is 2.